The lowest BCUT2D eigenvalue weighted by atomic mass is 9.87. The summed E-state index contributed by atoms with van der Waals surface area (Å²) in [6, 6.07) is 6.32. The Balaban J connectivity index is 2.22. The third-order valence-electron chi connectivity index (χ3n) is 3.12. The van der Waals surface area contributed by atoms with Gasteiger partial charge in [-0.3, -0.25) is 0 Å². The standard InChI is InChI=1S/C13H19NO/c1-2-9-14-12-7-3-6-11-10(12)5-4-8-13(11)15/h4-5,8,12,14-15H,2-3,6-7,9H2,1H3/t12-/m0/s1. The molecule has 0 saturated carbocycles. The molecule has 0 spiro atoms. The third kappa shape index (κ3) is 2.15. The number of rotatable bonds is 3. The van der Waals surface area contributed by atoms with E-state index in [0.717, 1.165) is 24.9 Å². The summed E-state index contributed by atoms with van der Waals surface area (Å²) in [6.07, 6.45) is 4.54. The highest BCUT2D eigenvalue weighted by Gasteiger charge is 2.21. The van der Waals surface area contributed by atoms with Crippen LogP contribution < -0.4 is 5.32 Å². The molecule has 2 nitrogen and oxygen atoms in total. The Morgan fingerprint density at radius 3 is 3.13 bits per heavy atom. The fraction of sp³-hybridized carbons (Fsp3) is 0.538. The van der Waals surface area contributed by atoms with Crippen molar-refractivity contribution in [1.29, 1.82) is 0 Å². The molecule has 0 bridgehead atoms. The van der Waals surface area contributed by atoms with Gasteiger partial charge in [0.1, 0.15) is 5.75 Å². The molecular weight excluding hydrogens is 186 g/mol. The molecule has 0 aliphatic heterocycles. The summed E-state index contributed by atoms with van der Waals surface area (Å²) in [7, 11) is 0. The first kappa shape index (κ1) is 10.5. The van der Waals surface area contributed by atoms with Gasteiger partial charge >= 0.3 is 0 Å². The van der Waals surface area contributed by atoms with Gasteiger partial charge in [0.05, 0.1) is 0 Å². The molecule has 0 radical (unpaired) electrons. The van der Waals surface area contributed by atoms with Crippen LogP contribution in [0, 0.1) is 0 Å². The van der Waals surface area contributed by atoms with Crippen LogP contribution in [0.2, 0.25) is 0 Å². The van der Waals surface area contributed by atoms with Crippen molar-refractivity contribution < 1.29 is 5.11 Å². The molecule has 1 atom stereocenters. The summed E-state index contributed by atoms with van der Waals surface area (Å²) in [6.45, 7) is 3.24. The molecule has 2 rings (SSSR count). The van der Waals surface area contributed by atoms with Gasteiger partial charge in [0, 0.05) is 6.04 Å². The van der Waals surface area contributed by atoms with Crippen LogP contribution in [0.15, 0.2) is 18.2 Å². The van der Waals surface area contributed by atoms with Gasteiger partial charge in [0.25, 0.3) is 0 Å². The Bertz CT molecular complexity index is 335. The van der Waals surface area contributed by atoms with E-state index in [0.29, 0.717) is 11.8 Å². The first-order valence-corrected chi connectivity index (χ1v) is 5.87. The molecule has 82 valence electrons. The molecular formula is C13H19NO. The van der Waals surface area contributed by atoms with E-state index in [9.17, 15) is 5.11 Å². The SMILES string of the molecule is CCCN[C@H]1CCCc2c(O)cccc21. The molecule has 0 saturated heterocycles. The molecule has 2 heteroatoms. The van der Waals surface area contributed by atoms with Gasteiger partial charge in [-0.05, 0) is 49.4 Å². The predicted octanol–water partition coefficient (Wildman–Crippen LogP) is 2.77. The van der Waals surface area contributed by atoms with Crippen molar-refractivity contribution in [1.82, 2.24) is 5.32 Å². The maximum Gasteiger partial charge on any atom is 0.119 e. The third-order valence-corrected chi connectivity index (χ3v) is 3.12. The quantitative estimate of drug-likeness (QED) is 0.795. The van der Waals surface area contributed by atoms with E-state index in [1.54, 1.807) is 6.07 Å². The highest BCUT2D eigenvalue weighted by atomic mass is 16.3. The highest BCUT2D eigenvalue weighted by Crippen LogP contribution is 2.34. The Kier molecular flexibility index (Phi) is 3.27. The van der Waals surface area contributed by atoms with Crippen LogP contribution in [-0.2, 0) is 6.42 Å². The number of fused-ring (bicyclic) bond motifs is 1. The Hall–Kier alpha value is -1.02. The summed E-state index contributed by atoms with van der Waals surface area (Å²) in [5.74, 6) is 0.468. The summed E-state index contributed by atoms with van der Waals surface area (Å²) in [5, 5.41) is 13.3. The number of hydrogen-bond acceptors (Lipinski definition) is 2. The lowest BCUT2D eigenvalue weighted by Gasteiger charge is -2.26. The van der Waals surface area contributed by atoms with Gasteiger partial charge in [0.2, 0.25) is 0 Å². The van der Waals surface area contributed by atoms with Crippen LogP contribution in [-0.4, -0.2) is 11.7 Å². The van der Waals surface area contributed by atoms with E-state index in [-0.39, 0.29) is 0 Å². The van der Waals surface area contributed by atoms with Crippen molar-refractivity contribution >= 4 is 0 Å². The zero-order valence-electron chi connectivity index (χ0n) is 9.29. The lowest BCUT2D eigenvalue weighted by molar-refractivity contribution is 0.430. The minimum Gasteiger partial charge on any atom is -0.508 e. The van der Waals surface area contributed by atoms with Crippen LogP contribution in [0.25, 0.3) is 0 Å². The Morgan fingerprint density at radius 2 is 2.33 bits per heavy atom. The first-order valence-electron chi connectivity index (χ1n) is 5.87. The molecule has 0 aromatic heterocycles. The molecule has 0 amide bonds. The van der Waals surface area contributed by atoms with Gasteiger partial charge in [-0.1, -0.05) is 19.1 Å². The Morgan fingerprint density at radius 1 is 1.47 bits per heavy atom. The minimum absolute atomic E-state index is 0.445. The number of hydrogen-bond donors (Lipinski definition) is 2. The van der Waals surface area contributed by atoms with E-state index < -0.39 is 0 Å². The van der Waals surface area contributed by atoms with Crippen molar-refractivity contribution in [2.45, 2.75) is 38.6 Å². The van der Waals surface area contributed by atoms with Crippen molar-refractivity contribution in [3.05, 3.63) is 29.3 Å². The summed E-state index contributed by atoms with van der Waals surface area (Å²) >= 11 is 0. The van der Waals surface area contributed by atoms with Crippen LogP contribution in [0.5, 0.6) is 5.75 Å². The van der Waals surface area contributed by atoms with Crippen LogP contribution in [0.3, 0.4) is 0 Å². The maximum atomic E-state index is 9.77. The fourth-order valence-electron chi connectivity index (χ4n) is 2.36. The molecule has 1 aromatic rings. The topological polar surface area (TPSA) is 32.3 Å². The second-order valence-electron chi connectivity index (χ2n) is 4.24. The van der Waals surface area contributed by atoms with Gasteiger partial charge in [0.15, 0.2) is 0 Å². The Labute approximate surface area is 91.3 Å². The average molecular weight is 205 g/mol. The van der Waals surface area contributed by atoms with Crippen molar-refractivity contribution in [2.75, 3.05) is 6.54 Å². The highest BCUT2D eigenvalue weighted by molar-refractivity contribution is 5.42. The van der Waals surface area contributed by atoms with Gasteiger partial charge in [-0.25, -0.2) is 0 Å². The van der Waals surface area contributed by atoms with Gasteiger partial charge in [-0.2, -0.15) is 0 Å². The number of phenolic OH excluding ortho intramolecular Hbond substituents is 1. The van der Waals surface area contributed by atoms with E-state index in [1.165, 1.54) is 18.4 Å². The monoisotopic (exact) mass is 205 g/mol. The van der Waals surface area contributed by atoms with Crippen LogP contribution in [0.1, 0.15) is 43.4 Å². The minimum atomic E-state index is 0.445. The number of aromatic hydroxyl groups is 1. The van der Waals surface area contributed by atoms with Crippen LogP contribution >= 0.6 is 0 Å². The summed E-state index contributed by atoms with van der Waals surface area (Å²) in [4.78, 5) is 0. The van der Waals surface area contributed by atoms with Crippen molar-refractivity contribution in [3.8, 4) is 5.75 Å². The largest absolute Gasteiger partial charge is 0.508 e. The normalized spacial score (nSPS) is 19.9. The zero-order valence-corrected chi connectivity index (χ0v) is 9.29. The van der Waals surface area contributed by atoms with E-state index in [1.807, 2.05) is 6.07 Å². The summed E-state index contributed by atoms with van der Waals surface area (Å²) < 4.78 is 0. The average Bonchev–Trinajstić information content (AvgIpc) is 2.27. The zero-order chi connectivity index (χ0) is 10.7. The van der Waals surface area contributed by atoms with Crippen LogP contribution in [0.4, 0.5) is 0 Å². The van der Waals surface area contributed by atoms with E-state index >= 15 is 0 Å². The molecule has 1 aliphatic carbocycles. The lowest BCUT2D eigenvalue weighted by Crippen LogP contribution is -2.25. The molecule has 0 fully saturated rings. The number of nitrogens with one attached hydrogen (secondary N) is 1. The van der Waals surface area contributed by atoms with Gasteiger partial charge < -0.3 is 10.4 Å². The molecule has 1 aromatic carbocycles. The van der Waals surface area contributed by atoms with Gasteiger partial charge in [-0.15, -0.1) is 0 Å². The summed E-state index contributed by atoms with van der Waals surface area (Å²) in [5.41, 5.74) is 2.45. The molecule has 2 N–H and O–H groups in total. The van der Waals surface area contributed by atoms with Crippen molar-refractivity contribution in [3.63, 3.8) is 0 Å². The second-order valence-corrected chi connectivity index (χ2v) is 4.24. The number of benzene rings is 1. The first-order chi connectivity index (χ1) is 7.33. The molecule has 0 unspecified atom stereocenters. The molecule has 15 heavy (non-hydrogen) atoms. The predicted molar refractivity (Wildman–Crippen MR) is 62.1 cm³/mol. The molecule has 1 aliphatic rings. The molecule has 0 heterocycles. The number of phenols is 1. The van der Waals surface area contributed by atoms with Crippen molar-refractivity contribution in [2.24, 2.45) is 0 Å². The second kappa shape index (κ2) is 4.67. The van der Waals surface area contributed by atoms with E-state index in [2.05, 4.69) is 18.3 Å². The fourth-order valence-corrected chi connectivity index (χ4v) is 2.36. The maximum absolute atomic E-state index is 9.77. The van der Waals surface area contributed by atoms with E-state index in [4.69, 9.17) is 0 Å². The smallest absolute Gasteiger partial charge is 0.119 e.